The van der Waals surface area contributed by atoms with Crippen molar-refractivity contribution in [2.24, 2.45) is 5.41 Å². The standard InChI is InChI=1S/C16H30N2O3S/c1-4-16(5-2)8-10-18(13-16)15(19)6-9-17(3)14-7-11-22(20,21)12-14/h14H,4-13H2,1-3H3. The Hall–Kier alpha value is -0.620. The molecule has 2 heterocycles. The molecule has 2 aliphatic rings. The fourth-order valence-corrected chi connectivity index (χ4v) is 5.52. The van der Waals surface area contributed by atoms with Crippen molar-refractivity contribution in [2.75, 3.05) is 38.2 Å². The van der Waals surface area contributed by atoms with Gasteiger partial charge in [-0.05, 0) is 38.1 Å². The van der Waals surface area contributed by atoms with Crippen LogP contribution in [0.5, 0.6) is 0 Å². The third kappa shape index (κ3) is 4.02. The van der Waals surface area contributed by atoms with Crippen LogP contribution in [0.25, 0.3) is 0 Å². The lowest BCUT2D eigenvalue weighted by atomic mass is 9.82. The van der Waals surface area contributed by atoms with Crippen LogP contribution in [0.2, 0.25) is 0 Å². The van der Waals surface area contributed by atoms with Gasteiger partial charge in [0.1, 0.15) is 0 Å². The van der Waals surface area contributed by atoms with Crippen molar-refractivity contribution in [3.63, 3.8) is 0 Å². The monoisotopic (exact) mass is 330 g/mol. The van der Waals surface area contributed by atoms with Crippen molar-refractivity contribution in [2.45, 2.75) is 52.0 Å². The van der Waals surface area contributed by atoms with E-state index >= 15 is 0 Å². The number of amides is 1. The number of likely N-dealkylation sites (tertiary alicyclic amines) is 1. The Morgan fingerprint density at radius 3 is 2.50 bits per heavy atom. The number of hydrogen-bond acceptors (Lipinski definition) is 4. The summed E-state index contributed by atoms with van der Waals surface area (Å²) in [6.07, 6.45) is 4.57. The number of carbonyl (C=O) groups is 1. The topological polar surface area (TPSA) is 57.7 Å². The first-order valence-corrected chi connectivity index (χ1v) is 10.3. The minimum atomic E-state index is -2.85. The zero-order valence-corrected chi connectivity index (χ0v) is 15.0. The molecule has 0 aromatic heterocycles. The Labute approximate surface area is 135 Å². The van der Waals surface area contributed by atoms with E-state index in [0.29, 0.717) is 24.8 Å². The van der Waals surface area contributed by atoms with Crippen molar-refractivity contribution >= 4 is 15.7 Å². The van der Waals surface area contributed by atoms with E-state index in [1.807, 2.05) is 16.8 Å². The third-order valence-electron chi connectivity index (χ3n) is 5.80. The average Bonchev–Trinajstić information content (AvgIpc) is 3.08. The van der Waals surface area contributed by atoms with E-state index in [4.69, 9.17) is 0 Å². The zero-order valence-electron chi connectivity index (χ0n) is 14.2. The maximum absolute atomic E-state index is 12.4. The Kier molecular flexibility index (Phi) is 5.54. The SMILES string of the molecule is CCC1(CC)CCN(C(=O)CCN(C)C2CCS(=O)(=O)C2)C1. The van der Waals surface area contributed by atoms with E-state index < -0.39 is 9.84 Å². The second kappa shape index (κ2) is 6.87. The first kappa shape index (κ1) is 17.7. The molecule has 2 saturated heterocycles. The quantitative estimate of drug-likeness (QED) is 0.741. The first-order chi connectivity index (χ1) is 10.3. The van der Waals surface area contributed by atoms with Gasteiger partial charge in [-0.2, -0.15) is 0 Å². The summed E-state index contributed by atoms with van der Waals surface area (Å²) in [7, 11) is -0.918. The summed E-state index contributed by atoms with van der Waals surface area (Å²) in [5.41, 5.74) is 0.321. The van der Waals surface area contributed by atoms with Crippen LogP contribution in [0, 0.1) is 5.41 Å². The highest BCUT2D eigenvalue weighted by atomic mass is 32.2. The average molecular weight is 330 g/mol. The molecule has 0 aromatic carbocycles. The second-order valence-corrected chi connectivity index (χ2v) is 9.29. The van der Waals surface area contributed by atoms with E-state index in [2.05, 4.69) is 13.8 Å². The minimum absolute atomic E-state index is 0.0850. The predicted molar refractivity (Wildman–Crippen MR) is 88.5 cm³/mol. The van der Waals surface area contributed by atoms with E-state index in [-0.39, 0.29) is 23.5 Å². The summed E-state index contributed by atoms with van der Waals surface area (Å²) >= 11 is 0. The molecule has 2 fully saturated rings. The lowest BCUT2D eigenvalue weighted by Crippen LogP contribution is -2.37. The van der Waals surface area contributed by atoms with Crippen molar-refractivity contribution in [1.29, 1.82) is 0 Å². The molecule has 0 saturated carbocycles. The highest BCUT2D eigenvalue weighted by molar-refractivity contribution is 7.91. The molecule has 0 aromatic rings. The van der Waals surface area contributed by atoms with Crippen LogP contribution < -0.4 is 0 Å². The van der Waals surface area contributed by atoms with E-state index in [9.17, 15) is 13.2 Å². The molecule has 0 radical (unpaired) electrons. The summed E-state index contributed by atoms with van der Waals surface area (Å²) in [4.78, 5) is 16.4. The Bertz CT molecular complexity index is 500. The van der Waals surface area contributed by atoms with Gasteiger partial charge in [-0.15, -0.1) is 0 Å². The van der Waals surface area contributed by atoms with Crippen molar-refractivity contribution in [3.05, 3.63) is 0 Å². The molecule has 0 spiro atoms. The number of nitrogens with zero attached hydrogens (tertiary/aromatic N) is 2. The van der Waals surface area contributed by atoms with Crippen LogP contribution in [-0.4, -0.2) is 68.4 Å². The minimum Gasteiger partial charge on any atom is -0.342 e. The Morgan fingerprint density at radius 1 is 1.32 bits per heavy atom. The Balaban J connectivity index is 1.79. The molecule has 0 aliphatic carbocycles. The van der Waals surface area contributed by atoms with Crippen LogP contribution in [-0.2, 0) is 14.6 Å². The molecule has 5 nitrogen and oxygen atoms in total. The number of hydrogen-bond donors (Lipinski definition) is 0. The lowest BCUT2D eigenvalue weighted by molar-refractivity contribution is -0.131. The maximum atomic E-state index is 12.4. The lowest BCUT2D eigenvalue weighted by Gasteiger charge is -2.27. The summed E-state index contributed by atoms with van der Waals surface area (Å²) in [5.74, 6) is 0.754. The van der Waals surface area contributed by atoms with Crippen molar-refractivity contribution < 1.29 is 13.2 Å². The van der Waals surface area contributed by atoms with E-state index in [1.54, 1.807) is 0 Å². The summed E-state index contributed by atoms with van der Waals surface area (Å²) in [6, 6.07) is 0.0850. The molecule has 1 unspecified atom stereocenters. The molecule has 6 heteroatoms. The van der Waals surface area contributed by atoms with Crippen LogP contribution >= 0.6 is 0 Å². The second-order valence-electron chi connectivity index (χ2n) is 7.06. The van der Waals surface area contributed by atoms with E-state index in [0.717, 1.165) is 32.4 Å². The largest absolute Gasteiger partial charge is 0.342 e. The zero-order chi connectivity index (χ0) is 16.4. The highest BCUT2D eigenvalue weighted by Gasteiger charge is 2.37. The number of sulfone groups is 1. The molecule has 0 N–H and O–H groups in total. The fourth-order valence-electron chi connectivity index (χ4n) is 3.71. The smallest absolute Gasteiger partial charge is 0.223 e. The van der Waals surface area contributed by atoms with Gasteiger partial charge in [0.2, 0.25) is 5.91 Å². The van der Waals surface area contributed by atoms with Crippen molar-refractivity contribution in [3.8, 4) is 0 Å². The van der Waals surface area contributed by atoms with Gasteiger partial charge in [-0.3, -0.25) is 4.79 Å². The number of carbonyl (C=O) groups excluding carboxylic acids is 1. The van der Waals surface area contributed by atoms with Gasteiger partial charge in [-0.1, -0.05) is 13.8 Å². The van der Waals surface area contributed by atoms with Gasteiger partial charge < -0.3 is 9.80 Å². The van der Waals surface area contributed by atoms with Crippen LogP contribution in [0.1, 0.15) is 46.0 Å². The van der Waals surface area contributed by atoms with Gasteiger partial charge in [0.25, 0.3) is 0 Å². The van der Waals surface area contributed by atoms with Crippen LogP contribution in [0.4, 0.5) is 0 Å². The maximum Gasteiger partial charge on any atom is 0.223 e. The van der Waals surface area contributed by atoms with Crippen LogP contribution in [0.3, 0.4) is 0 Å². The summed E-state index contributed by atoms with van der Waals surface area (Å²) < 4.78 is 23.1. The van der Waals surface area contributed by atoms with Gasteiger partial charge in [0.05, 0.1) is 11.5 Å². The Morgan fingerprint density at radius 2 is 2.00 bits per heavy atom. The van der Waals surface area contributed by atoms with Crippen LogP contribution in [0.15, 0.2) is 0 Å². The summed E-state index contributed by atoms with van der Waals surface area (Å²) in [6.45, 7) is 6.85. The third-order valence-corrected chi connectivity index (χ3v) is 7.55. The van der Waals surface area contributed by atoms with Gasteiger partial charge >= 0.3 is 0 Å². The molecular formula is C16H30N2O3S. The normalized spacial score (nSPS) is 26.7. The highest BCUT2D eigenvalue weighted by Crippen LogP contribution is 2.37. The molecule has 2 aliphatic heterocycles. The molecule has 2 rings (SSSR count). The van der Waals surface area contributed by atoms with Crippen molar-refractivity contribution in [1.82, 2.24) is 9.80 Å². The van der Waals surface area contributed by atoms with Gasteiger partial charge in [-0.25, -0.2) is 8.42 Å². The van der Waals surface area contributed by atoms with Gasteiger partial charge in [0.15, 0.2) is 9.84 Å². The van der Waals surface area contributed by atoms with E-state index in [1.165, 1.54) is 0 Å². The van der Waals surface area contributed by atoms with Gasteiger partial charge in [0, 0.05) is 32.1 Å². The number of rotatable bonds is 6. The predicted octanol–water partition coefficient (Wildman–Crippen LogP) is 1.53. The first-order valence-electron chi connectivity index (χ1n) is 8.49. The molecule has 1 amide bonds. The summed E-state index contributed by atoms with van der Waals surface area (Å²) in [5, 5.41) is 0. The molecule has 1 atom stereocenters. The molecule has 22 heavy (non-hydrogen) atoms. The molecule has 0 bridgehead atoms. The molecule has 128 valence electrons. The fraction of sp³-hybridized carbons (Fsp3) is 0.938. The molecular weight excluding hydrogens is 300 g/mol.